The molecule has 6 rings (SSSR count). The van der Waals surface area contributed by atoms with Gasteiger partial charge in [0.25, 0.3) is 0 Å². The molecule has 0 bridgehead atoms. The van der Waals surface area contributed by atoms with Crippen LogP contribution in [0.1, 0.15) is 22.4 Å². The van der Waals surface area contributed by atoms with Gasteiger partial charge in [0, 0.05) is 69.1 Å². The van der Waals surface area contributed by atoms with E-state index < -0.39 is 28.7 Å². The summed E-state index contributed by atoms with van der Waals surface area (Å²) in [6.45, 7) is 3.15. The van der Waals surface area contributed by atoms with Crippen molar-refractivity contribution in [3.63, 3.8) is 0 Å². The van der Waals surface area contributed by atoms with E-state index in [0.29, 0.717) is 54.9 Å². The number of aryl methyl sites for hydroxylation is 1. The smallest absolute Gasteiger partial charge is 0.480 e. The number of sulfone groups is 1. The number of hydrogen-bond donors (Lipinski definition) is 3. The third kappa shape index (κ3) is 5.82. The van der Waals surface area contributed by atoms with Gasteiger partial charge in [0.15, 0.2) is 0 Å². The van der Waals surface area contributed by atoms with Gasteiger partial charge in [0.05, 0.1) is 9.92 Å². The molecule has 0 fully saturated rings. The van der Waals surface area contributed by atoms with E-state index in [2.05, 4.69) is 9.97 Å². The third-order valence-corrected chi connectivity index (χ3v) is 8.92. The molecule has 9 nitrogen and oxygen atoms in total. The lowest BCUT2D eigenvalue weighted by molar-refractivity contribution is -0.137. The maximum Gasteiger partial charge on any atom is 0.488 e. The summed E-state index contributed by atoms with van der Waals surface area (Å²) in [6.07, 6.45) is 6.18. The number of nitrogens with zero attached hydrogens (tertiary/aromatic N) is 3. The van der Waals surface area contributed by atoms with E-state index in [1.54, 1.807) is 61.1 Å². The van der Waals surface area contributed by atoms with Gasteiger partial charge in [-0.05, 0) is 66.8 Å². The van der Waals surface area contributed by atoms with Crippen LogP contribution in [0.4, 0.5) is 4.39 Å². The summed E-state index contributed by atoms with van der Waals surface area (Å²) in [6, 6.07) is 12.4. The molecule has 218 valence electrons. The van der Waals surface area contributed by atoms with Crippen LogP contribution >= 0.6 is 11.6 Å². The molecule has 0 spiro atoms. The van der Waals surface area contributed by atoms with Crippen LogP contribution in [0.2, 0.25) is 5.02 Å². The molecule has 1 aliphatic heterocycles. The van der Waals surface area contributed by atoms with Crippen LogP contribution in [0.15, 0.2) is 83.6 Å². The number of hydrogen-bond acceptors (Lipinski definition) is 7. The largest absolute Gasteiger partial charge is 0.488 e. The first-order valence-corrected chi connectivity index (χ1v) is 14.8. The fourth-order valence-electron chi connectivity index (χ4n) is 5.14. The molecule has 43 heavy (non-hydrogen) atoms. The summed E-state index contributed by atoms with van der Waals surface area (Å²) in [4.78, 5) is 19.3. The van der Waals surface area contributed by atoms with Gasteiger partial charge in [0.2, 0.25) is 9.84 Å². The SMILES string of the molecule is Cc1c(C2=CS(=O)(=O)c3cc(-c4ccncc4Cl)ccc32)c2cc(F)ccc2n1CC(=O)O.Cc1cnccc1B(O)O. The van der Waals surface area contributed by atoms with Gasteiger partial charge in [-0.2, -0.15) is 0 Å². The zero-order valence-electron chi connectivity index (χ0n) is 22.9. The molecule has 0 saturated carbocycles. The summed E-state index contributed by atoms with van der Waals surface area (Å²) >= 11 is 6.24. The predicted molar refractivity (Wildman–Crippen MR) is 162 cm³/mol. The summed E-state index contributed by atoms with van der Waals surface area (Å²) in [7, 11) is -5.18. The number of benzene rings is 2. The summed E-state index contributed by atoms with van der Waals surface area (Å²) < 4.78 is 41.9. The van der Waals surface area contributed by atoms with Crippen molar-refractivity contribution in [3.8, 4) is 11.1 Å². The minimum absolute atomic E-state index is 0.109. The molecule has 0 atom stereocenters. The average Bonchev–Trinajstić information content (AvgIpc) is 3.37. The normalized spacial score (nSPS) is 13.2. The van der Waals surface area contributed by atoms with Gasteiger partial charge in [-0.1, -0.05) is 23.7 Å². The molecule has 3 aromatic heterocycles. The van der Waals surface area contributed by atoms with Crippen molar-refractivity contribution in [1.82, 2.24) is 14.5 Å². The lowest BCUT2D eigenvalue weighted by atomic mass is 9.78. The number of aliphatic carboxylic acids is 1. The molecule has 0 unspecified atom stereocenters. The van der Waals surface area contributed by atoms with Crippen LogP contribution in [0.25, 0.3) is 27.6 Å². The highest BCUT2D eigenvalue weighted by Gasteiger charge is 2.31. The Labute approximate surface area is 251 Å². The lowest BCUT2D eigenvalue weighted by Crippen LogP contribution is -2.31. The van der Waals surface area contributed by atoms with Crippen molar-refractivity contribution in [2.45, 2.75) is 25.3 Å². The van der Waals surface area contributed by atoms with Crippen LogP contribution in [0, 0.1) is 19.7 Å². The molecular weight excluding hydrogens is 596 g/mol. The number of carboxylic acid groups (broad SMARTS) is 1. The Kier molecular flexibility index (Phi) is 8.22. The zero-order chi connectivity index (χ0) is 31.1. The molecule has 13 heteroatoms. The molecule has 3 N–H and O–H groups in total. The highest BCUT2D eigenvalue weighted by molar-refractivity contribution is 7.95. The van der Waals surface area contributed by atoms with Gasteiger partial charge < -0.3 is 19.7 Å². The standard InChI is InChI=1S/C24H16ClFN2O4S.C6H8BNO2/c1-13-24(18-9-15(26)3-5-21(18)28(13)11-23(29)30)19-12-33(31,32)22-8-14(2-4-17(19)22)16-6-7-27-10-20(16)25;1-5-4-8-3-2-6(5)7(9)10/h2-10,12H,11H2,1H3,(H,29,30);2-4,9-10H,1H3. The Morgan fingerprint density at radius 3 is 2.37 bits per heavy atom. The van der Waals surface area contributed by atoms with Gasteiger partial charge in [0.1, 0.15) is 12.4 Å². The fraction of sp³-hybridized carbons (Fsp3) is 0.100. The Hall–Kier alpha value is -4.36. The van der Waals surface area contributed by atoms with Crippen molar-refractivity contribution >= 4 is 56.5 Å². The monoisotopic (exact) mass is 619 g/mol. The molecule has 0 amide bonds. The van der Waals surface area contributed by atoms with Crippen LogP contribution in [-0.2, 0) is 21.2 Å². The minimum atomic E-state index is -3.80. The molecule has 0 radical (unpaired) electrons. The molecule has 1 aliphatic rings. The van der Waals surface area contributed by atoms with Crippen LogP contribution in [0.3, 0.4) is 0 Å². The maximum atomic E-state index is 14.2. The van der Waals surface area contributed by atoms with E-state index in [-0.39, 0.29) is 11.4 Å². The van der Waals surface area contributed by atoms with Crippen molar-refractivity contribution in [2.24, 2.45) is 0 Å². The van der Waals surface area contributed by atoms with Gasteiger partial charge >= 0.3 is 13.1 Å². The number of fused-ring (bicyclic) bond motifs is 2. The lowest BCUT2D eigenvalue weighted by Gasteiger charge is -2.10. The second kappa shape index (κ2) is 11.7. The molecule has 2 aromatic carbocycles. The zero-order valence-corrected chi connectivity index (χ0v) is 24.4. The van der Waals surface area contributed by atoms with E-state index >= 15 is 0 Å². The van der Waals surface area contributed by atoms with E-state index in [1.165, 1.54) is 30.6 Å². The maximum absolute atomic E-state index is 14.2. The molecule has 5 aromatic rings. The Balaban J connectivity index is 0.000000314. The predicted octanol–water partition coefficient (Wildman–Crippen LogP) is 4.14. The van der Waals surface area contributed by atoms with E-state index in [4.69, 9.17) is 21.6 Å². The first kappa shape index (κ1) is 30.1. The summed E-state index contributed by atoms with van der Waals surface area (Å²) in [5.41, 5.74) is 4.97. The van der Waals surface area contributed by atoms with Crippen molar-refractivity contribution in [2.75, 3.05) is 0 Å². The quantitative estimate of drug-likeness (QED) is 0.249. The van der Waals surface area contributed by atoms with Gasteiger partial charge in [-0.15, -0.1) is 0 Å². The van der Waals surface area contributed by atoms with Crippen LogP contribution < -0.4 is 5.46 Å². The number of aromatic nitrogens is 3. The third-order valence-electron chi connectivity index (χ3n) is 7.12. The fourth-order valence-corrected chi connectivity index (χ4v) is 6.83. The van der Waals surface area contributed by atoms with Crippen LogP contribution in [-0.4, -0.2) is 51.2 Å². The van der Waals surface area contributed by atoms with Crippen molar-refractivity contribution in [1.29, 1.82) is 0 Å². The van der Waals surface area contributed by atoms with Crippen molar-refractivity contribution < 1.29 is 32.8 Å². The molecule has 0 saturated heterocycles. The minimum Gasteiger partial charge on any atom is -0.480 e. The van der Waals surface area contributed by atoms with Crippen molar-refractivity contribution in [3.05, 3.63) is 112 Å². The average molecular weight is 620 g/mol. The molecule has 0 aliphatic carbocycles. The summed E-state index contributed by atoms with van der Waals surface area (Å²) in [5, 5.41) is 28.8. The van der Waals surface area contributed by atoms with Gasteiger partial charge in [-0.25, -0.2) is 12.8 Å². The number of carboxylic acids is 1. The Morgan fingerprint density at radius 1 is 1.00 bits per heavy atom. The van der Waals surface area contributed by atoms with Crippen LogP contribution in [0.5, 0.6) is 0 Å². The molecular formula is C30H24BClFN3O6S. The first-order chi connectivity index (χ1) is 20.4. The number of halogens is 2. The highest BCUT2D eigenvalue weighted by Crippen LogP contribution is 2.44. The number of carbonyl (C=O) groups is 1. The van der Waals surface area contributed by atoms with E-state index in [9.17, 15) is 22.7 Å². The molecule has 4 heterocycles. The number of pyridine rings is 2. The number of rotatable bonds is 5. The first-order valence-electron chi connectivity index (χ1n) is 12.9. The van der Waals surface area contributed by atoms with E-state index in [0.717, 1.165) is 11.0 Å². The second-order valence-electron chi connectivity index (χ2n) is 9.85. The van der Waals surface area contributed by atoms with E-state index in [1.807, 2.05) is 0 Å². The Bertz CT molecular complexity index is 2050. The van der Waals surface area contributed by atoms with Gasteiger partial charge in [-0.3, -0.25) is 14.8 Å². The summed E-state index contributed by atoms with van der Waals surface area (Å²) in [5.74, 6) is -1.56. The highest BCUT2D eigenvalue weighted by atomic mass is 35.5. The second-order valence-corrected chi connectivity index (χ2v) is 12.0. The topological polar surface area (TPSA) is 143 Å². The Morgan fingerprint density at radius 2 is 1.72 bits per heavy atom.